The van der Waals surface area contributed by atoms with Crippen LogP contribution in [-0.4, -0.2) is 60.9 Å². The van der Waals surface area contributed by atoms with Crippen LogP contribution in [0.2, 0.25) is 0 Å². The molecular weight excluding hydrogens is 554 g/mol. The lowest BCUT2D eigenvalue weighted by Crippen LogP contribution is -2.41. The van der Waals surface area contributed by atoms with Crippen LogP contribution in [0.25, 0.3) is 0 Å². The van der Waals surface area contributed by atoms with E-state index < -0.39 is 11.8 Å². The predicted octanol–water partition coefficient (Wildman–Crippen LogP) is 3.35. The maximum atomic E-state index is 12.4. The number of amides is 2. The van der Waals surface area contributed by atoms with E-state index in [2.05, 4.69) is 31.5 Å². The van der Waals surface area contributed by atoms with Crippen molar-refractivity contribution in [3.05, 3.63) is 58.1 Å². The molecule has 38 heavy (non-hydrogen) atoms. The molecule has 0 aromatic heterocycles. The quantitative estimate of drug-likeness (QED) is 0.136. The van der Waals surface area contributed by atoms with Gasteiger partial charge in [0.05, 0.1) is 23.7 Å². The molecule has 10 nitrogen and oxygen atoms in total. The topological polar surface area (TPSA) is 147 Å². The minimum atomic E-state index is -0.441. The van der Waals surface area contributed by atoms with Crippen molar-refractivity contribution >= 4 is 45.2 Å². The fourth-order valence-corrected chi connectivity index (χ4v) is 4.59. The highest BCUT2D eigenvalue weighted by Crippen LogP contribution is 2.30. The molecule has 1 aliphatic rings. The summed E-state index contributed by atoms with van der Waals surface area (Å²) < 4.78 is 12.0. The van der Waals surface area contributed by atoms with Crippen LogP contribution in [0.4, 0.5) is 5.69 Å². The van der Waals surface area contributed by atoms with Gasteiger partial charge in [-0.3, -0.25) is 24.7 Å². The standard InChI is InChI=1S/C27H34BrN5O5/c1-3-37-26(36)16-33-12-10-21(11-13-33)38-23-9-6-19(14-22(23)28)17(2)31-24(34)15-25(35)32-20-7-4-18(5-8-20)27(29)30/h4-9,14,17,21H,3,10-13,15-16H2,1-2H3,(H3,29,30)(H,31,34)(H,32,35). The summed E-state index contributed by atoms with van der Waals surface area (Å²) in [5.74, 6) is -0.390. The van der Waals surface area contributed by atoms with E-state index in [4.69, 9.17) is 20.6 Å². The zero-order valence-electron chi connectivity index (χ0n) is 21.6. The number of hydrogen-bond donors (Lipinski definition) is 4. The Morgan fingerprint density at radius 1 is 1.13 bits per heavy atom. The number of hydrogen-bond acceptors (Lipinski definition) is 7. The second-order valence-corrected chi connectivity index (χ2v) is 9.95. The van der Waals surface area contributed by atoms with Crippen LogP contribution in [0.5, 0.6) is 5.75 Å². The van der Waals surface area contributed by atoms with Gasteiger partial charge in [-0.2, -0.15) is 0 Å². The largest absolute Gasteiger partial charge is 0.489 e. The van der Waals surface area contributed by atoms with Gasteiger partial charge in [0, 0.05) is 24.3 Å². The lowest BCUT2D eigenvalue weighted by Gasteiger charge is -2.31. The fraction of sp³-hybridized carbons (Fsp3) is 0.407. The molecule has 1 saturated heterocycles. The van der Waals surface area contributed by atoms with Gasteiger partial charge in [-0.05, 0) is 84.6 Å². The van der Waals surface area contributed by atoms with E-state index in [-0.39, 0.29) is 30.4 Å². The highest BCUT2D eigenvalue weighted by molar-refractivity contribution is 9.10. The number of anilines is 1. The van der Waals surface area contributed by atoms with Gasteiger partial charge in [0.2, 0.25) is 11.8 Å². The van der Waals surface area contributed by atoms with Gasteiger partial charge < -0.3 is 25.8 Å². The number of benzene rings is 2. The number of halogens is 1. The van der Waals surface area contributed by atoms with Gasteiger partial charge in [0.1, 0.15) is 24.1 Å². The Morgan fingerprint density at radius 3 is 2.42 bits per heavy atom. The first-order valence-corrected chi connectivity index (χ1v) is 13.3. The monoisotopic (exact) mass is 587 g/mol. The Balaban J connectivity index is 1.45. The molecule has 0 radical (unpaired) electrons. The zero-order chi connectivity index (χ0) is 27.7. The number of nitrogens with zero attached hydrogens (tertiary/aromatic N) is 1. The SMILES string of the molecule is CCOC(=O)CN1CCC(Oc2ccc(C(C)NC(=O)CC(=O)Nc3ccc(C(=N)N)cc3)cc2Br)CC1. The maximum absolute atomic E-state index is 12.4. The first-order chi connectivity index (χ1) is 18.1. The molecule has 2 amide bonds. The average Bonchev–Trinajstić information content (AvgIpc) is 2.86. The van der Waals surface area contributed by atoms with Crippen molar-refractivity contribution in [2.45, 2.75) is 45.3 Å². The molecule has 1 unspecified atom stereocenters. The van der Waals surface area contributed by atoms with Crippen LogP contribution in [0.1, 0.15) is 50.3 Å². The Labute approximate surface area is 230 Å². The number of nitrogen functional groups attached to an aromatic ring is 1. The summed E-state index contributed by atoms with van der Waals surface area (Å²) in [6.45, 7) is 5.86. The molecule has 2 aromatic carbocycles. The predicted molar refractivity (Wildman–Crippen MR) is 148 cm³/mol. The molecule has 0 bridgehead atoms. The smallest absolute Gasteiger partial charge is 0.320 e. The van der Waals surface area contributed by atoms with Crippen molar-refractivity contribution < 1.29 is 23.9 Å². The number of carbonyl (C=O) groups excluding carboxylic acids is 3. The molecular formula is C27H34BrN5O5. The highest BCUT2D eigenvalue weighted by atomic mass is 79.9. The van der Waals surface area contributed by atoms with Crippen LogP contribution >= 0.6 is 15.9 Å². The zero-order valence-corrected chi connectivity index (χ0v) is 23.2. The highest BCUT2D eigenvalue weighted by Gasteiger charge is 2.23. The van der Waals surface area contributed by atoms with Crippen LogP contribution in [0.15, 0.2) is 46.9 Å². The summed E-state index contributed by atoms with van der Waals surface area (Å²) in [7, 11) is 0. The summed E-state index contributed by atoms with van der Waals surface area (Å²) in [6, 6.07) is 11.8. The van der Waals surface area contributed by atoms with Crippen molar-refractivity contribution in [1.82, 2.24) is 10.2 Å². The third kappa shape index (κ3) is 8.84. The number of rotatable bonds is 11. The molecule has 204 valence electrons. The molecule has 1 aliphatic heterocycles. The first-order valence-electron chi connectivity index (χ1n) is 12.5. The molecule has 0 aliphatic carbocycles. The van der Waals surface area contributed by atoms with Gasteiger partial charge >= 0.3 is 5.97 Å². The fourth-order valence-electron chi connectivity index (χ4n) is 4.10. The third-order valence-corrected chi connectivity index (χ3v) is 6.74. The van der Waals surface area contributed by atoms with Crippen molar-refractivity contribution in [1.29, 1.82) is 5.41 Å². The summed E-state index contributed by atoms with van der Waals surface area (Å²) in [6.07, 6.45) is 1.34. The molecule has 1 heterocycles. The second kappa shape index (κ2) is 13.9. The van der Waals surface area contributed by atoms with E-state index in [1.807, 2.05) is 25.1 Å². The first kappa shape index (κ1) is 29.1. The molecule has 2 aromatic rings. The lowest BCUT2D eigenvalue weighted by atomic mass is 10.1. The van der Waals surface area contributed by atoms with Crippen LogP contribution < -0.4 is 21.1 Å². The molecule has 5 N–H and O–H groups in total. The Bertz CT molecular complexity index is 1150. The van der Waals surface area contributed by atoms with E-state index in [0.29, 0.717) is 30.2 Å². The van der Waals surface area contributed by atoms with Crippen molar-refractivity contribution in [2.24, 2.45) is 5.73 Å². The third-order valence-electron chi connectivity index (χ3n) is 6.12. The number of amidine groups is 1. The van der Waals surface area contributed by atoms with Crippen molar-refractivity contribution in [3.63, 3.8) is 0 Å². The number of likely N-dealkylation sites (tertiary alicyclic amines) is 1. The van der Waals surface area contributed by atoms with Gasteiger partial charge in [-0.15, -0.1) is 0 Å². The van der Waals surface area contributed by atoms with Crippen molar-refractivity contribution in [3.8, 4) is 5.75 Å². The Morgan fingerprint density at radius 2 is 1.82 bits per heavy atom. The van der Waals surface area contributed by atoms with Gasteiger partial charge in [0.25, 0.3) is 0 Å². The Kier molecular flexibility index (Phi) is 10.7. The molecule has 11 heteroatoms. The van der Waals surface area contributed by atoms with E-state index in [9.17, 15) is 14.4 Å². The molecule has 1 fully saturated rings. The van der Waals surface area contributed by atoms with Gasteiger partial charge in [-0.1, -0.05) is 6.07 Å². The normalized spacial score (nSPS) is 14.8. The number of ether oxygens (including phenoxy) is 2. The van der Waals surface area contributed by atoms with Crippen LogP contribution in [0, 0.1) is 5.41 Å². The number of nitrogens with two attached hydrogens (primary N) is 1. The van der Waals surface area contributed by atoms with Crippen LogP contribution in [0.3, 0.4) is 0 Å². The summed E-state index contributed by atoms with van der Waals surface area (Å²) >= 11 is 3.57. The number of piperidine rings is 1. The number of esters is 1. The number of nitrogens with one attached hydrogen (secondary N) is 3. The van der Waals surface area contributed by atoms with Gasteiger partial charge in [0.15, 0.2) is 0 Å². The second-order valence-electron chi connectivity index (χ2n) is 9.09. The summed E-state index contributed by atoms with van der Waals surface area (Å²) in [5.41, 5.74) is 7.36. The minimum absolute atomic E-state index is 0.0462. The maximum Gasteiger partial charge on any atom is 0.320 e. The van der Waals surface area contributed by atoms with E-state index in [1.165, 1.54) is 0 Å². The molecule has 0 spiro atoms. The summed E-state index contributed by atoms with van der Waals surface area (Å²) in [4.78, 5) is 38.4. The molecule has 3 rings (SSSR count). The van der Waals surface area contributed by atoms with Crippen LogP contribution in [-0.2, 0) is 19.1 Å². The minimum Gasteiger partial charge on any atom is -0.489 e. The number of carbonyl (C=O) groups is 3. The Hall–Kier alpha value is -3.44. The summed E-state index contributed by atoms with van der Waals surface area (Å²) in [5, 5.41) is 12.9. The van der Waals surface area contributed by atoms with Gasteiger partial charge in [-0.25, -0.2) is 0 Å². The van der Waals surface area contributed by atoms with E-state index in [1.54, 1.807) is 31.2 Å². The average molecular weight is 589 g/mol. The van der Waals surface area contributed by atoms with E-state index in [0.717, 1.165) is 36.0 Å². The molecule has 0 saturated carbocycles. The van der Waals surface area contributed by atoms with Crippen molar-refractivity contribution in [2.75, 3.05) is 31.6 Å². The van der Waals surface area contributed by atoms with E-state index >= 15 is 0 Å². The lowest BCUT2D eigenvalue weighted by molar-refractivity contribution is -0.145. The molecule has 1 atom stereocenters.